The number of aromatic nitrogens is 2. The fourth-order valence-corrected chi connectivity index (χ4v) is 4.15. The number of aryl methyl sites for hydroxylation is 2. The normalized spacial score (nSPS) is 24.9. The summed E-state index contributed by atoms with van der Waals surface area (Å²) in [5, 5.41) is 9.97. The van der Waals surface area contributed by atoms with Gasteiger partial charge in [0.2, 0.25) is 0 Å². The molecule has 5 nitrogen and oxygen atoms in total. The summed E-state index contributed by atoms with van der Waals surface area (Å²) < 4.78 is 24.5. The van der Waals surface area contributed by atoms with E-state index in [0.717, 1.165) is 5.82 Å². The molecule has 1 fully saturated rings. The second-order valence-corrected chi connectivity index (χ2v) is 6.95. The van der Waals surface area contributed by atoms with Crippen molar-refractivity contribution in [2.24, 2.45) is 13.0 Å². The Kier molecular flexibility index (Phi) is 3.53. The molecular formula is C11H18N2O3S. The van der Waals surface area contributed by atoms with E-state index in [4.69, 9.17) is 0 Å². The Bertz CT molecular complexity index is 481. The Hall–Kier alpha value is -0.880. The number of nitrogens with zero attached hydrogens (tertiary/aromatic N) is 2. The van der Waals surface area contributed by atoms with Gasteiger partial charge in [-0.3, -0.25) is 0 Å². The molecule has 2 unspecified atom stereocenters. The van der Waals surface area contributed by atoms with Gasteiger partial charge in [-0.2, -0.15) is 0 Å². The van der Waals surface area contributed by atoms with Crippen LogP contribution in [-0.2, 0) is 23.3 Å². The van der Waals surface area contributed by atoms with Crippen molar-refractivity contribution in [3.05, 3.63) is 18.2 Å². The summed E-state index contributed by atoms with van der Waals surface area (Å²) in [6.07, 6.45) is 4.89. The zero-order chi connectivity index (χ0) is 12.5. The van der Waals surface area contributed by atoms with Crippen LogP contribution in [0.4, 0.5) is 0 Å². The maximum atomic E-state index is 11.3. The second kappa shape index (κ2) is 4.78. The van der Waals surface area contributed by atoms with Crippen LogP contribution in [0.3, 0.4) is 0 Å². The molecule has 0 aromatic carbocycles. The lowest BCUT2D eigenvalue weighted by atomic mass is 9.98. The molecule has 1 N–H and O–H groups in total. The van der Waals surface area contributed by atoms with Crippen LogP contribution >= 0.6 is 0 Å². The summed E-state index contributed by atoms with van der Waals surface area (Å²) >= 11 is 0. The maximum Gasteiger partial charge on any atom is 0.150 e. The topological polar surface area (TPSA) is 72.2 Å². The van der Waals surface area contributed by atoms with Gasteiger partial charge in [0, 0.05) is 25.9 Å². The van der Waals surface area contributed by atoms with E-state index in [1.54, 1.807) is 6.20 Å². The largest absolute Gasteiger partial charge is 0.393 e. The molecule has 2 rings (SSSR count). The monoisotopic (exact) mass is 258 g/mol. The van der Waals surface area contributed by atoms with Crippen molar-refractivity contribution in [1.82, 2.24) is 9.55 Å². The summed E-state index contributed by atoms with van der Waals surface area (Å²) in [5.41, 5.74) is 0. The molecule has 0 amide bonds. The number of rotatable bonds is 4. The van der Waals surface area contributed by atoms with Crippen LogP contribution in [0.1, 0.15) is 18.7 Å². The Morgan fingerprint density at radius 3 is 2.94 bits per heavy atom. The molecule has 2 atom stereocenters. The van der Waals surface area contributed by atoms with Crippen molar-refractivity contribution < 1.29 is 13.5 Å². The van der Waals surface area contributed by atoms with Crippen molar-refractivity contribution in [2.75, 3.05) is 11.5 Å². The lowest BCUT2D eigenvalue weighted by Gasteiger charge is -2.16. The van der Waals surface area contributed by atoms with E-state index in [0.29, 0.717) is 19.3 Å². The van der Waals surface area contributed by atoms with Gasteiger partial charge in [0.1, 0.15) is 5.82 Å². The lowest BCUT2D eigenvalue weighted by Crippen LogP contribution is -2.22. The standard InChI is InChI=1S/C11H18N2O3S/c1-13-6-5-12-11(13)3-2-10(14)9-4-7-17(15,16)8-9/h5-6,9-10,14H,2-4,7-8H2,1H3. The highest BCUT2D eigenvalue weighted by atomic mass is 32.2. The zero-order valence-electron chi connectivity index (χ0n) is 9.91. The molecule has 0 saturated carbocycles. The summed E-state index contributed by atoms with van der Waals surface area (Å²) in [4.78, 5) is 4.18. The number of sulfone groups is 1. The van der Waals surface area contributed by atoms with Crippen molar-refractivity contribution in [3.8, 4) is 0 Å². The van der Waals surface area contributed by atoms with Gasteiger partial charge in [-0.1, -0.05) is 0 Å². The van der Waals surface area contributed by atoms with Crippen LogP contribution in [0.2, 0.25) is 0 Å². The van der Waals surface area contributed by atoms with Crippen LogP contribution in [-0.4, -0.2) is 40.7 Å². The third kappa shape index (κ3) is 3.07. The van der Waals surface area contributed by atoms with Crippen LogP contribution in [0.15, 0.2) is 12.4 Å². The molecule has 6 heteroatoms. The van der Waals surface area contributed by atoms with Gasteiger partial charge in [-0.25, -0.2) is 13.4 Å². The SMILES string of the molecule is Cn1ccnc1CCC(O)C1CCS(=O)(=O)C1. The van der Waals surface area contributed by atoms with Gasteiger partial charge >= 0.3 is 0 Å². The van der Waals surface area contributed by atoms with Crippen molar-refractivity contribution in [2.45, 2.75) is 25.4 Å². The Morgan fingerprint density at radius 1 is 1.65 bits per heavy atom. The average molecular weight is 258 g/mol. The highest BCUT2D eigenvalue weighted by Gasteiger charge is 2.32. The van der Waals surface area contributed by atoms with Crippen LogP contribution in [0.5, 0.6) is 0 Å². The smallest absolute Gasteiger partial charge is 0.150 e. The second-order valence-electron chi connectivity index (χ2n) is 4.72. The quantitative estimate of drug-likeness (QED) is 0.834. The van der Waals surface area contributed by atoms with E-state index in [1.807, 2.05) is 17.8 Å². The molecule has 1 aromatic rings. The summed E-state index contributed by atoms with van der Waals surface area (Å²) in [5.74, 6) is 1.18. The van der Waals surface area contributed by atoms with Crippen molar-refractivity contribution >= 4 is 9.84 Å². The third-order valence-electron chi connectivity index (χ3n) is 3.40. The van der Waals surface area contributed by atoms with E-state index in [9.17, 15) is 13.5 Å². The fraction of sp³-hybridized carbons (Fsp3) is 0.727. The molecule has 1 saturated heterocycles. The van der Waals surface area contributed by atoms with Gasteiger partial charge in [0.05, 0.1) is 17.6 Å². The number of hydrogen-bond acceptors (Lipinski definition) is 4. The van der Waals surface area contributed by atoms with Crippen LogP contribution < -0.4 is 0 Å². The van der Waals surface area contributed by atoms with Crippen molar-refractivity contribution in [3.63, 3.8) is 0 Å². The minimum absolute atomic E-state index is 0.0970. The molecule has 1 aliphatic heterocycles. The Labute approximate surface area is 101 Å². The number of hydrogen-bond donors (Lipinski definition) is 1. The van der Waals surface area contributed by atoms with E-state index in [2.05, 4.69) is 4.98 Å². The van der Waals surface area contributed by atoms with E-state index in [-0.39, 0.29) is 17.4 Å². The third-order valence-corrected chi connectivity index (χ3v) is 5.19. The maximum absolute atomic E-state index is 11.3. The highest BCUT2D eigenvalue weighted by molar-refractivity contribution is 7.91. The Morgan fingerprint density at radius 2 is 2.41 bits per heavy atom. The van der Waals surface area contributed by atoms with Crippen molar-refractivity contribution in [1.29, 1.82) is 0 Å². The van der Waals surface area contributed by atoms with Gasteiger partial charge in [-0.15, -0.1) is 0 Å². The zero-order valence-corrected chi connectivity index (χ0v) is 10.7. The molecule has 0 spiro atoms. The molecule has 2 heterocycles. The first kappa shape index (κ1) is 12.6. The molecule has 0 bridgehead atoms. The molecule has 0 radical (unpaired) electrons. The Balaban J connectivity index is 1.86. The molecule has 96 valence electrons. The lowest BCUT2D eigenvalue weighted by molar-refractivity contribution is 0.110. The minimum Gasteiger partial charge on any atom is -0.393 e. The number of aliphatic hydroxyl groups excluding tert-OH is 1. The first-order valence-electron chi connectivity index (χ1n) is 5.82. The van der Waals surface area contributed by atoms with E-state index < -0.39 is 15.9 Å². The predicted octanol–water partition coefficient (Wildman–Crippen LogP) is 0.148. The van der Waals surface area contributed by atoms with E-state index >= 15 is 0 Å². The van der Waals surface area contributed by atoms with Gasteiger partial charge in [0.15, 0.2) is 9.84 Å². The minimum atomic E-state index is -2.90. The number of imidazole rings is 1. The van der Waals surface area contributed by atoms with Gasteiger partial charge in [0.25, 0.3) is 0 Å². The van der Waals surface area contributed by atoms with E-state index in [1.165, 1.54) is 0 Å². The average Bonchev–Trinajstić information content (AvgIpc) is 2.81. The molecular weight excluding hydrogens is 240 g/mol. The predicted molar refractivity (Wildman–Crippen MR) is 64.3 cm³/mol. The fourth-order valence-electron chi connectivity index (χ4n) is 2.28. The van der Waals surface area contributed by atoms with Crippen LogP contribution in [0, 0.1) is 5.92 Å². The summed E-state index contributed by atoms with van der Waals surface area (Å²) in [7, 11) is -0.990. The first-order chi connectivity index (χ1) is 7.98. The summed E-state index contributed by atoms with van der Waals surface area (Å²) in [6, 6.07) is 0. The molecule has 0 aliphatic carbocycles. The molecule has 17 heavy (non-hydrogen) atoms. The number of aliphatic hydroxyl groups is 1. The summed E-state index contributed by atoms with van der Waals surface area (Å²) in [6.45, 7) is 0. The van der Waals surface area contributed by atoms with Crippen LogP contribution in [0.25, 0.3) is 0 Å². The molecule has 1 aliphatic rings. The molecule has 1 aromatic heterocycles. The van der Waals surface area contributed by atoms with Gasteiger partial charge in [-0.05, 0) is 18.8 Å². The van der Waals surface area contributed by atoms with Gasteiger partial charge < -0.3 is 9.67 Å². The highest BCUT2D eigenvalue weighted by Crippen LogP contribution is 2.24. The first-order valence-corrected chi connectivity index (χ1v) is 7.65.